The SMILES string of the molecule is CC1(C)C(=O)N(c2ccc(SC(F)(F)F)cc2)C(=O)N1Cc1ccncc1NS(=O)(=O)N1CCOCC1. The standard InChI is InChI=1S/C22H24F3N5O5S2/c1-21(2)19(31)30(16-3-5-17(6-4-16)36-22(23,24)25)20(32)29(21)14-15-7-8-26-13-18(15)27-37(33,34)28-9-11-35-12-10-28/h3-8,13,27H,9-12,14H2,1-2H3. The normalized spacial score (nSPS) is 18.9. The zero-order valence-electron chi connectivity index (χ0n) is 19.9. The van der Waals surface area contributed by atoms with Gasteiger partial charge in [0.1, 0.15) is 5.54 Å². The smallest absolute Gasteiger partial charge is 0.379 e. The minimum absolute atomic E-state index is 0.0829. The summed E-state index contributed by atoms with van der Waals surface area (Å²) in [5, 5.41) is 0. The fourth-order valence-corrected chi connectivity index (χ4v) is 5.70. The number of nitrogens with zero attached hydrogens (tertiary/aromatic N) is 4. The molecule has 200 valence electrons. The van der Waals surface area contributed by atoms with Crippen molar-refractivity contribution in [2.45, 2.75) is 36.3 Å². The lowest BCUT2D eigenvalue weighted by Crippen LogP contribution is -2.44. The van der Waals surface area contributed by atoms with Crippen LogP contribution in [0.15, 0.2) is 47.6 Å². The Kier molecular flexibility index (Phi) is 7.43. The van der Waals surface area contributed by atoms with Gasteiger partial charge in [0.15, 0.2) is 0 Å². The number of carbonyl (C=O) groups is 2. The number of halogens is 3. The Morgan fingerprint density at radius 1 is 1.11 bits per heavy atom. The summed E-state index contributed by atoms with van der Waals surface area (Å²) in [5.41, 5.74) is -5.11. The van der Waals surface area contributed by atoms with E-state index in [0.29, 0.717) is 5.56 Å². The maximum atomic E-state index is 13.4. The molecule has 2 aromatic rings. The third-order valence-electron chi connectivity index (χ3n) is 5.94. The van der Waals surface area contributed by atoms with Gasteiger partial charge >= 0.3 is 21.7 Å². The molecule has 1 aromatic carbocycles. The van der Waals surface area contributed by atoms with E-state index in [1.807, 2.05) is 0 Å². The number of hydrogen-bond acceptors (Lipinski definition) is 7. The number of hydrogen-bond donors (Lipinski definition) is 1. The van der Waals surface area contributed by atoms with E-state index in [1.165, 1.54) is 51.9 Å². The Morgan fingerprint density at radius 3 is 2.38 bits per heavy atom. The van der Waals surface area contributed by atoms with Crippen LogP contribution in [-0.2, 0) is 26.3 Å². The molecule has 0 aliphatic carbocycles. The number of carbonyl (C=O) groups excluding carboxylic acids is 2. The Morgan fingerprint density at radius 2 is 1.76 bits per heavy atom. The minimum atomic E-state index is -4.47. The molecule has 3 amide bonds. The van der Waals surface area contributed by atoms with Gasteiger partial charge in [-0.3, -0.25) is 14.5 Å². The fourth-order valence-electron chi connectivity index (χ4n) is 3.94. The van der Waals surface area contributed by atoms with E-state index >= 15 is 0 Å². The van der Waals surface area contributed by atoms with E-state index in [0.717, 1.165) is 4.90 Å². The van der Waals surface area contributed by atoms with Crippen LogP contribution in [0, 0.1) is 0 Å². The number of ether oxygens (including phenoxy) is 1. The van der Waals surface area contributed by atoms with Gasteiger partial charge in [-0.05, 0) is 61.5 Å². The minimum Gasteiger partial charge on any atom is -0.379 e. The number of rotatable bonds is 7. The molecule has 3 heterocycles. The van der Waals surface area contributed by atoms with Gasteiger partial charge in [0.25, 0.3) is 5.91 Å². The van der Waals surface area contributed by atoms with Gasteiger partial charge in [-0.25, -0.2) is 9.69 Å². The van der Waals surface area contributed by atoms with Crippen molar-refractivity contribution in [1.82, 2.24) is 14.2 Å². The molecule has 1 N–H and O–H groups in total. The molecule has 4 rings (SSSR count). The van der Waals surface area contributed by atoms with Crippen LogP contribution in [0.5, 0.6) is 0 Å². The highest BCUT2D eigenvalue weighted by atomic mass is 32.2. The van der Waals surface area contributed by atoms with Gasteiger partial charge < -0.3 is 9.64 Å². The molecule has 1 aromatic heterocycles. The van der Waals surface area contributed by atoms with Crippen molar-refractivity contribution in [3.8, 4) is 0 Å². The number of pyridine rings is 1. The highest BCUT2D eigenvalue weighted by Crippen LogP contribution is 2.39. The highest BCUT2D eigenvalue weighted by Gasteiger charge is 2.52. The van der Waals surface area contributed by atoms with Crippen LogP contribution in [0.3, 0.4) is 0 Å². The fraction of sp³-hybridized carbons (Fsp3) is 0.409. The predicted molar refractivity (Wildman–Crippen MR) is 130 cm³/mol. The first-order chi connectivity index (χ1) is 17.3. The average molecular weight is 560 g/mol. The molecule has 15 heteroatoms. The first kappa shape index (κ1) is 27.2. The molecule has 37 heavy (non-hydrogen) atoms. The van der Waals surface area contributed by atoms with E-state index in [9.17, 15) is 31.2 Å². The molecule has 0 atom stereocenters. The summed E-state index contributed by atoms with van der Waals surface area (Å²) in [5.74, 6) is -0.571. The predicted octanol–water partition coefficient (Wildman–Crippen LogP) is 3.43. The van der Waals surface area contributed by atoms with Gasteiger partial charge in [0.05, 0.1) is 37.3 Å². The number of nitrogens with one attached hydrogen (secondary N) is 1. The highest BCUT2D eigenvalue weighted by molar-refractivity contribution is 8.00. The second-order valence-electron chi connectivity index (χ2n) is 8.76. The third-order valence-corrected chi connectivity index (χ3v) is 8.20. The van der Waals surface area contributed by atoms with Crippen LogP contribution in [0.4, 0.5) is 29.3 Å². The molecular formula is C22H24F3N5O5S2. The average Bonchev–Trinajstić information content (AvgIpc) is 2.99. The number of thioether (sulfide) groups is 1. The van der Waals surface area contributed by atoms with Crippen molar-refractivity contribution < 1.29 is 35.9 Å². The summed E-state index contributed by atoms with van der Waals surface area (Å²) in [6, 6.07) is 5.77. The van der Waals surface area contributed by atoms with Crippen LogP contribution in [0.1, 0.15) is 19.4 Å². The van der Waals surface area contributed by atoms with Crippen LogP contribution in [0.25, 0.3) is 0 Å². The third kappa shape index (κ3) is 5.84. The van der Waals surface area contributed by atoms with E-state index < -0.39 is 33.2 Å². The summed E-state index contributed by atoms with van der Waals surface area (Å²) in [7, 11) is -3.92. The Bertz CT molecular complexity index is 1280. The van der Waals surface area contributed by atoms with Crippen molar-refractivity contribution in [3.63, 3.8) is 0 Å². The van der Waals surface area contributed by atoms with Crippen LogP contribution >= 0.6 is 11.8 Å². The number of benzene rings is 1. The molecular weight excluding hydrogens is 535 g/mol. The molecule has 0 bridgehead atoms. The number of morpholine rings is 1. The maximum Gasteiger partial charge on any atom is 0.446 e. The zero-order valence-corrected chi connectivity index (χ0v) is 21.5. The van der Waals surface area contributed by atoms with Crippen LogP contribution in [0.2, 0.25) is 0 Å². The summed E-state index contributed by atoms with van der Waals surface area (Å²) < 4.78 is 72.6. The molecule has 0 spiro atoms. The molecule has 10 nitrogen and oxygen atoms in total. The van der Waals surface area contributed by atoms with Gasteiger partial charge in [-0.1, -0.05) is 0 Å². The molecule has 0 saturated carbocycles. The second kappa shape index (κ2) is 10.1. The quantitative estimate of drug-likeness (QED) is 0.409. The van der Waals surface area contributed by atoms with Crippen molar-refractivity contribution in [3.05, 3.63) is 48.3 Å². The number of aromatic nitrogens is 1. The largest absolute Gasteiger partial charge is 0.446 e. The summed E-state index contributed by atoms with van der Waals surface area (Å²) >= 11 is -0.299. The topological polar surface area (TPSA) is 112 Å². The number of alkyl halides is 3. The molecule has 0 radical (unpaired) electrons. The van der Waals surface area contributed by atoms with Crippen molar-refractivity contribution in [1.29, 1.82) is 0 Å². The lowest BCUT2D eigenvalue weighted by atomic mass is 10.0. The van der Waals surface area contributed by atoms with Gasteiger partial charge in [-0.15, -0.1) is 0 Å². The van der Waals surface area contributed by atoms with Crippen LogP contribution < -0.4 is 9.62 Å². The molecule has 2 fully saturated rings. The van der Waals surface area contributed by atoms with Gasteiger partial charge in [0, 0.05) is 24.2 Å². The van der Waals surface area contributed by atoms with E-state index in [1.54, 1.807) is 13.8 Å². The van der Waals surface area contributed by atoms with Gasteiger partial charge in [-0.2, -0.15) is 25.9 Å². The first-order valence-electron chi connectivity index (χ1n) is 11.1. The molecule has 0 unspecified atom stereocenters. The first-order valence-corrected chi connectivity index (χ1v) is 13.4. The Balaban J connectivity index is 1.57. The Hall–Kier alpha value is -2.88. The summed E-state index contributed by atoms with van der Waals surface area (Å²) in [6.45, 7) is 3.87. The summed E-state index contributed by atoms with van der Waals surface area (Å²) in [6.07, 6.45) is 2.75. The van der Waals surface area contributed by atoms with Crippen molar-refractivity contribution >= 4 is 45.3 Å². The number of anilines is 2. The number of amides is 3. The van der Waals surface area contributed by atoms with E-state index in [4.69, 9.17) is 4.74 Å². The molecule has 2 saturated heterocycles. The second-order valence-corrected chi connectivity index (χ2v) is 11.6. The van der Waals surface area contributed by atoms with Gasteiger partial charge in [0.2, 0.25) is 0 Å². The number of urea groups is 1. The number of imide groups is 1. The lowest BCUT2D eigenvalue weighted by Gasteiger charge is -2.29. The van der Waals surface area contributed by atoms with Crippen LogP contribution in [-0.4, -0.2) is 71.9 Å². The van der Waals surface area contributed by atoms with E-state index in [-0.39, 0.29) is 60.9 Å². The summed E-state index contributed by atoms with van der Waals surface area (Å²) in [4.78, 5) is 32.6. The lowest BCUT2D eigenvalue weighted by molar-refractivity contribution is -0.123. The monoisotopic (exact) mass is 559 g/mol. The zero-order chi connectivity index (χ0) is 27.0. The van der Waals surface area contributed by atoms with Crippen molar-refractivity contribution in [2.24, 2.45) is 0 Å². The Labute approximate surface area is 215 Å². The molecule has 2 aliphatic rings. The maximum absolute atomic E-state index is 13.4. The van der Waals surface area contributed by atoms with Crippen molar-refractivity contribution in [2.75, 3.05) is 35.9 Å². The molecule has 2 aliphatic heterocycles. The van der Waals surface area contributed by atoms with E-state index in [2.05, 4.69) is 9.71 Å².